The van der Waals surface area contributed by atoms with Gasteiger partial charge < -0.3 is 9.42 Å². The Bertz CT molecular complexity index is 421. The van der Waals surface area contributed by atoms with Crippen LogP contribution in [0.2, 0.25) is 5.02 Å². The van der Waals surface area contributed by atoms with Crippen molar-refractivity contribution >= 4 is 70.0 Å². The summed E-state index contributed by atoms with van der Waals surface area (Å²) in [5.41, 5.74) is 0. The summed E-state index contributed by atoms with van der Waals surface area (Å²) in [6, 6.07) is 6.60. The average molecular weight is 340 g/mol. The molecule has 0 aliphatic rings. The summed E-state index contributed by atoms with van der Waals surface area (Å²) in [6.07, 6.45) is 0. The van der Waals surface area contributed by atoms with Crippen LogP contribution in [0.4, 0.5) is 0 Å². The summed E-state index contributed by atoms with van der Waals surface area (Å²) in [5, 5.41) is 0.679. The lowest BCUT2D eigenvalue weighted by Crippen LogP contribution is -2.16. The Kier molecular flexibility index (Phi) is 5.37. The minimum absolute atomic E-state index is 0.295. The Labute approximate surface area is 119 Å². The monoisotopic (exact) mass is 338 g/mol. The molecule has 0 spiro atoms. The average Bonchev–Trinajstić information content (AvgIpc) is 2.14. The maximum absolute atomic E-state index is 9.97. The number of hydrogen-bond donors (Lipinski definition) is 1. The van der Waals surface area contributed by atoms with Crippen LogP contribution in [0.3, 0.4) is 0 Å². The van der Waals surface area contributed by atoms with Crippen LogP contribution in [0.25, 0.3) is 0 Å². The van der Waals surface area contributed by atoms with E-state index >= 15 is 0 Å². The molecule has 2 nitrogen and oxygen atoms in total. The van der Waals surface area contributed by atoms with E-state index in [9.17, 15) is 4.89 Å². The minimum Gasteiger partial charge on any atom is -0.342 e. The molecule has 1 N–H and O–H groups in total. The van der Waals surface area contributed by atoms with Gasteiger partial charge >= 0.3 is 0 Å². The molecule has 0 bridgehead atoms. The lowest BCUT2D eigenvalue weighted by atomic mass is 10.4. The van der Waals surface area contributed by atoms with Gasteiger partial charge in [-0.25, -0.2) is 0 Å². The van der Waals surface area contributed by atoms with Gasteiger partial charge in [0.05, 0.1) is 10.3 Å². The van der Waals surface area contributed by atoms with Crippen molar-refractivity contribution in [2.45, 2.75) is 3.79 Å². The number of rotatable bonds is 3. The normalized spacial score (nSPS) is 15.8. The highest BCUT2D eigenvalue weighted by molar-refractivity contribution is 8.13. The van der Waals surface area contributed by atoms with E-state index < -0.39 is 10.3 Å². The molecule has 0 saturated carbocycles. The Morgan fingerprint density at radius 1 is 1.31 bits per heavy atom. The molecule has 8 heteroatoms. The zero-order valence-corrected chi connectivity index (χ0v) is 12.5. The van der Waals surface area contributed by atoms with Crippen molar-refractivity contribution in [2.75, 3.05) is 6.61 Å². The van der Waals surface area contributed by atoms with E-state index in [0.29, 0.717) is 10.3 Å². The molecule has 0 aliphatic carbocycles. The Morgan fingerprint density at radius 2 is 1.88 bits per heavy atom. The van der Waals surface area contributed by atoms with E-state index in [-0.39, 0.29) is 6.61 Å². The van der Waals surface area contributed by atoms with E-state index in [0.717, 1.165) is 0 Å². The predicted octanol–water partition coefficient (Wildman–Crippen LogP) is 3.65. The first-order valence-corrected chi connectivity index (χ1v) is 8.20. The van der Waals surface area contributed by atoms with E-state index in [4.69, 9.17) is 62.7 Å². The Balaban J connectivity index is 2.87. The Hall–Kier alpha value is 0.950. The van der Waals surface area contributed by atoms with Gasteiger partial charge in [-0.1, -0.05) is 58.5 Å². The zero-order chi connectivity index (χ0) is 12.4. The number of alkyl halides is 3. The molecule has 0 heterocycles. The summed E-state index contributed by atoms with van der Waals surface area (Å²) < 4.78 is 3.44. The molecule has 1 rings (SSSR count). The van der Waals surface area contributed by atoms with Crippen LogP contribution in [0.15, 0.2) is 24.3 Å². The second kappa shape index (κ2) is 5.73. The summed E-state index contributed by atoms with van der Waals surface area (Å²) in [7, 11) is 0. The van der Waals surface area contributed by atoms with Gasteiger partial charge in [0.1, 0.15) is 6.61 Å². The van der Waals surface area contributed by atoms with Crippen LogP contribution >= 0.6 is 52.9 Å². The molecular formula is C8H7Cl4O2PS. The van der Waals surface area contributed by atoms with Gasteiger partial charge in [0.15, 0.2) is 0 Å². The molecular weight excluding hydrogens is 333 g/mol. The molecule has 90 valence electrons. The fourth-order valence-electron chi connectivity index (χ4n) is 0.911. The molecule has 0 saturated heterocycles. The van der Waals surface area contributed by atoms with Gasteiger partial charge in [-0.05, 0) is 23.9 Å². The van der Waals surface area contributed by atoms with E-state index in [1.165, 1.54) is 0 Å². The molecule has 1 unspecified atom stereocenters. The fourth-order valence-corrected chi connectivity index (χ4v) is 3.70. The third kappa shape index (κ3) is 4.67. The van der Waals surface area contributed by atoms with Crippen LogP contribution < -0.4 is 5.30 Å². The van der Waals surface area contributed by atoms with Crippen LogP contribution in [0, 0.1) is 0 Å². The third-order valence-corrected chi connectivity index (χ3v) is 4.73. The van der Waals surface area contributed by atoms with Crippen molar-refractivity contribution in [1.82, 2.24) is 0 Å². The first kappa shape index (κ1) is 15.0. The minimum atomic E-state index is -3.23. The molecule has 0 amide bonds. The summed E-state index contributed by atoms with van der Waals surface area (Å²) in [4.78, 5) is 9.97. The molecule has 0 aromatic heterocycles. The largest absolute Gasteiger partial charge is 0.342 e. The molecule has 1 atom stereocenters. The van der Waals surface area contributed by atoms with E-state index in [1.807, 2.05) is 0 Å². The third-order valence-electron chi connectivity index (χ3n) is 1.56. The van der Waals surface area contributed by atoms with Crippen molar-refractivity contribution < 1.29 is 9.42 Å². The molecule has 1 aromatic carbocycles. The molecule has 0 radical (unpaired) electrons. The quantitative estimate of drug-likeness (QED) is 0.673. The number of benzene rings is 1. The zero-order valence-electron chi connectivity index (χ0n) is 7.74. The smallest absolute Gasteiger partial charge is 0.218 e. The van der Waals surface area contributed by atoms with Gasteiger partial charge in [-0.2, -0.15) is 0 Å². The van der Waals surface area contributed by atoms with Crippen LogP contribution in [0.5, 0.6) is 0 Å². The molecule has 0 fully saturated rings. The van der Waals surface area contributed by atoms with E-state index in [2.05, 4.69) is 0 Å². The van der Waals surface area contributed by atoms with Crippen LogP contribution in [0.1, 0.15) is 0 Å². The van der Waals surface area contributed by atoms with Gasteiger partial charge in [-0.3, -0.25) is 0 Å². The van der Waals surface area contributed by atoms with Crippen LogP contribution in [-0.2, 0) is 16.3 Å². The topological polar surface area (TPSA) is 29.5 Å². The second-order valence-corrected chi connectivity index (χ2v) is 9.05. The molecule has 1 aromatic rings. The van der Waals surface area contributed by atoms with Crippen molar-refractivity contribution in [2.24, 2.45) is 0 Å². The standard InChI is InChI=1S/C8H7Cl4O2PS/c9-6-3-1-2-4-7(6)15(13,16)14-5-8(10,11)12/h1-4H,5H2,(H,13,16). The first-order chi connectivity index (χ1) is 7.22. The summed E-state index contributed by atoms with van der Waals surface area (Å²) >= 11 is 27.3. The fraction of sp³-hybridized carbons (Fsp3) is 0.250. The van der Waals surface area contributed by atoms with Gasteiger partial charge in [0.25, 0.3) is 0 Å². The predicted molar refractivity (Wildman–Crippen MR) is 73.8 cm³/mol. The van der Waals surface area contributed by atoms with Gasteiger partial charge in [-0.15, -0.1) is 0 Å². The first-order valence-electron chi connectivity index (χ1n) is 4.01. The Morgan fingerprint density at radius 3 is 2.38 bits per heavy atom. The van der Waals surface area contributed by atoms with Crippen LogP contribution in [-0.4, -0.2) is 15.3 Å². The van der Waals surface area contributed by atoms with E-state index in [1.54, 1.807) is 24.3 Å². The SMILES string of the molecule is OP(=S)(OCC(Cl)(Cl)Cl)c1ccccc1Cl. The molecule has 0 aliphatic heterocycles. The lowest BCUT2D eigenvalue weighted by Gasteiger charge is -2.19. The number of hydrogen-bond acceptors (Lipinski definition) is 2. The highest BCUT2D eigenvalue weighted by Gasteiger charge is 2.27. The van der Waals surface area contributed by atoms with Crippen molar-refractivity contribution in [3.8, 4) is 0 Å². The number of halogens is 4. The van der Waals surface area contributed by atoms with Gasteiger partial charge in [0, 0.05) is 0 Å². The lowest BCUT2D eigenvalue weighted by molar-refractivity contribution is 0.322. The molecule has 16 heavy (non-hydrogen) atoms. The highest BCUT2D eigenvalue weighted by atomic mass is 35.6. The summed E-state index contributed by atoms with van der Waals surface area (Å²) in [5.74, 6) is 0. The van der Waals surface area contributed by atoms with Crippen molar-refractivity contribution in [3.63, 3.8) is 0 Å². The van der Waals surface area contributed by atoms with Crippen molar-refractivity contribution in [3.05, 3.63) is 29.3 Å². The highest BCUT2D eigenvalue weighted by Crippen LogP contribution is 2.45. The van der Waals surface area contributed by atoms with Crippen molar-refractivity contribution in [1.29, 1.82) is 0 Å². The summed E-state index contributed by atoms with van der Waals surface area (Å²) in [6.45, 7) is -3.53. The maximum atomic E-state index is 9.97. The second-order valence-electron chi connectivity index (χ2n) is 2.86. The van der Waals surface area contributed by atoms with Gasteiger partial charge in [0.2, 0.25) is 10.3 Å². The maximum Gasteiger partial charge on any atom is 0.218 e.